The lowest BCUT2D eigenvalue weighted by Gasteiger charge is -2.25. The highest BCUT2D eigenvalue weighted by Gasteiger charge is 2.29. The first kappa shape index (κ1) is 28.8. The molecule has 0 aliphatic rings. The van der Waals surface area contributed by atoms with Crippen LogP contribution in [0.2, 0.25) is 0 Å². The van der Waals surface area contributed by atoms with E-state index in [1.807, 2.05) is 13.8 Å². The van der Waals surface area contributed by atoms with Crippen LogP contribution in [0.3, 0.4) is 0 Å². The molecule has 11 heteroatoms. The Morgan fingerprint density at radius 2 is 1.23 bits per heavy atom. The van der Waals surface area contributed by atoms with Crippen molar-refractivity contribution in [2.75, 3.05) is 19.6 Å². The smallest absolute Gasteiger partial charge is 0.326 e. The van der Waals surface area contributed by atoms with Crippen molar-refractivity contribution in [3.05, 3.63) is 0 Å². The van der Waals surface area contributed by atoms with Crippen LogP contribution in [0.25, 0.3) is 0 Å². The van der Waals surface area contributed by atoms with Crippen LogP contribution < -0.4 is 33.2 Å². The number of rotatable bonds is 17. The van der Waals surface area contributed by atoms with Crippen LogP contribution in [-0.4, -0.2) is 66.6 Å². The fraction of sp³-hybridized carbons (Fsp3) is 0.800. The molecule has 0 aliphatic heterocycles. The molecule has 0 saturated heterocycles. The van der Waals surface area contributed by atoms with E-state index in [4.69, 9.17) is 17.2 Å². The minimum Gasteiger partial charge on any atom is -0.480 e. The SMILES string of the molecule is CC(C)CC(NC(=O)C(CCCCN)NC(=O)CN)C(=O)NC(CCCCN)C(=O)O. The Morgan fingerprint density at radius 3 is 1.68 bits per heavy atom. The highest BCUT2D eigenvalue weighted by atomic mass is 16.4. The average molecular weight is 445 g/mol. The number of carboxylic acid groups (broad SMARTS) is 1. The van der Waals surface area contributed by atoms with E-state index in [-0.39, 0.29) is 18.9 Å². The quantitative estimate of drug-likeness (QED) is 0.135. The van der Waals surface area contributed by atoms with Gasteiger partial charge in [0.2, 0.25) is 17.7 Å². The molecule has 0 rings (SSSR count). The third-order valence-corrected chi connectivity index (χ3v) is 4.69. The van der Waals surface area contributed by atoms with E-state index < -0.39 is 41.8 Å². The van der Waals surface area contributed by atoms with Crippen molar-refractivity contribution < 1.29 is 24.3 Å². The van der Waals surface area contributed by atoms with Crippen LogP contribution in [0.4, 0.5) is 0 Å². The molecule has 0 aromatic heterocycles. The number of hydrogen-bond acceptors (Lipinski definition) is 7. The number of unbranched alkanes of at least 4 members (excludes halogenated alkanes) is 2. The second-order valence-corrected chi connectivity index (χ2v) is 7.98. The van der Waals surface area contributed by atoms with Crippen molar-refractivity contribution in [1.82, 2.24) is 16.0 Å². The van der Waals surface area contributed by atoms with Crippen LogP contribution in [0.1, 0.15) is 58.8 Å². The van der Waals surface area contributed by atoms with Crippen molar-refractivity contribution in [2.24, 2.45) is 23.1 Å². The predicted octanol–water partition coefficient (Wildman–Crippen LogP) is -1.21. The summed E-state index contributed by atoms with van der Waals surface area (Å²) in [5.74, 6) is -2.66. The van der Waals surface area contributed by atoms with Gasteiger partial charge in [-0.3, -0.25) is 14.4 Å². The maximum Gasteiger partial charge on any atom is 0.326 e. The van der Waals surface area contributed by atoms with Gasteiger partial charge in [-0.1, -0.05) is 13.8 Å². The Kier molecular flexibility index (Phi) is 15.3. The first-order chi connectivity index (χ1) is 14.7. The molecule has 3 unspecified atom stereocenters. The van der Waals surface area contributed by atoms with Gasteiger partial charge in [0.1, 0.15) is 18.1 Å². The van der Waals surface area contributed by atoms with Gasteiger partial charge in [-0.25, -0.2) is 4.79 Å². The van der Waals surface area contributed by atoms with Gasteiger partial charge < -0.3 is 38.3 Å². The van der Waals surface area contributed by atoms with Crippen molar-refractivity contribution >= 4 is 23.7 Å². The van der Waals surface area contributed by atoms with E-state index in [9.17, 15) is 24.3 Å². The summed E-state index contributed by atoms with van der Waals surface area (Å²) in [4.78, 5) is 48.8. The molecule has 0 bridgehead atoms. The fourth-order valence-corrected chi connectivity index (χ4v) is 3.01. The van der Waals surface area contributed by atoms with Crippen LogP contribution in [0.5, 0.6) is 0 Å². The molecule has 0 aliphatic carbocycles. The molecule has 0 saturated carbocycles. The molecule has 10 N–H and O–H groups in total. The van der Waals surface area contributed by atoms with Crippen molar-refractivity contribution in [3.8, 4) is 0 Å². The molecule has 0 heterocycles. The van der Waals surface area contributed by atoms with Crippen molar-refractivity contribution in [3.63, 3.8) is 0 Å². The normalized spacial score (nSPS) is 13.9. The number of amides is 3. The molecule has 11 nitrogen and oxygen atoms in total. The summed E-state index contributed by atoms with van der Waals surface area (Å²) in [6.07, 6.45) is 3.41. The number of carbonyl (C=O) groups is 4. The molecule has 3 amide bonds. The van der Waals surface area contributed by atoms with E-state index in [0.29, 0.717) is 51.6 Å². The van der Waals surface area contributed by atoms with Gasteiger partial charge >= 0.3 is 5.97 Å². The second-order valence-electron chi connectivity index (χ2n) is 7.98. The molecule has 0 spiro atoms. The number of hydrogen-bond donors (Lipinski definition) is 7. The van der Waals surface area contributed by atoms with E-state index in [1.165, 1.54) is 0 Å². The minimum atomic E-state index is -1.14. The van der Waals surface area contributed by atoms with E-state index in [2.05, 4.69) is 16.0 Å². The summed E-state index contributed by atoms with van der Waals surface area (Å²) >= 11 is 0. The zero-order valence-corrected chi connectivity index (χ0v) is 18.7. The van der Waals surface area contributed by atoms with E-state index >= 15 is 0 Å². The molecule has 0 fully saturated rings. The third-order valence-electron chi connectivity index (χ3n) is 4.69. The number of nitrogens with one attached hydrogen (secondary N) is 3. The number of carbonyl (C=O) groups excluding carboxylic acids is 3. The average Bonchev–Trinajstić information content (AvgIpc) is 2.71. The highest BCUT2D eigenvalue weighted by Crippen LogP contribution is 2.09. The summed E-state index contributed by atoms with van der Waals surface area (Å²) < 4.78 is 0. The molecule has 0 aromatic carbocycles. The zero-order valence-electron chi connectivity index (χ0n) is 18.7. The predicted molar refractivity (Wildman–Crippen MR) is 118 cm³/mol. The second kappa shape index (κ2) is 16.5. The zero-order chi connectivity index (χ0) is 23.8. The largest absolute Gasteiger partial charge is 0.480 e. The van der Waals surface area contributed by atoms with E-state index in [1.54, 1.807) is 0 Å². The molecule has 3 atom stereocenters. The van der Waals surface area contributed by atoms with Crippen molar-refractivity contribution in [2.45, 2.75) is 76.9 Å². The van der Waals surface area contributed by atoms with Gasteiger partial charge in [-0.15, -0.1) is 0 Å². The van der Waals surface area contributed by atoms with Crippen molar-refractivity contribution in [1.29, 1.82) is 0 Å². The van der Waals surface area contributed by atoms with Crippen LogP contribution in [0, 0.1) is 5.92 Å². The highest BCUT2D eigenvalue weighted by molar-refractivity contribution is 5.93. The maximum atomic E-state index is 12.8. The van der Waals surface area contributed by atoms with Gasteiger partial charge in [0.25, 0.3) is 0 Å². The molecular weight excluding hydrogens is 404 g/mol. The van der Waals surface area contributed by atoms with Gasteiger partial charge in [0.05, 0.1) is 6.54 Å². The lowest BCUT2D eigenvalue weighted by atomic mass is 10.0. The topological polar surface area (TPSA) is 203 Å². The van der Waals surface area contributed by atoms with Crippen LogP contribution in [-0.2, 0) is 19.2 Å². The minimum absolute atomic E-state index is 0.0610. The molecule has 31 heavy (non-hydrogen) atoms. The Bertz CT molecular complexity index is 572. The molecule has 180 valence electrons. The van der Waals surface area contributed by atoms with Gasteiger partial charge in [0.15, 0.2) is 0 Å². The summed E-state index contributed by atoms with van der Waals surface area (Å²) in [7, 11) is 0. The Labute approximate surface area is 184 Å². The Hall–Kier alpha value is -2.24. The summed E-state index contributed by atoms with van der Waals surface area (Å²) in [6.45, 7) is 4.40. The Balaban J connectivity index is 5.26. The number of nitrogens with two attached hydrogens (primary N) is 3. The molecule has 0 radical (unpaired) electrons. The standard InChI is InChI=1S/C20H40N6O5/c1-13(2)11-16(19(29)25-15(20(30)31)8-4-6-10-22)26-18(28)14(7-3-5-9-21)24-17(27)12-23/h13-16H,3-12,21-23H2,1-2H3,(H,24,27)(H,25,29)(H,26,28)(H,30,31). The fourth-order valence-electron chi connectivity index (χ4n) is 3.01. The molecular formula is C20H40N6O5. The number of aliphatic carboxylic acids is 1. The lowest BCUT2D eigenvalue weighted by Crippen LogP contribution is -2.56. The monoisotopic (exact) mass is 444 g/mol. The Morgan fingerprint density at radius 1 is 0.742 bits per heavy atom. The van der Waals surface area contributed by atoms with Crippen LogP contribution >= 0.6 is 0 Å². The summed E-state index contributed by atoms with van der Waals surface area (Å²) in [5, 5.41) is 17.1. The van der Waals surface area contributed by atoms with Gasteiger partial charge in [0, 0.05) is 0 Å². The summed E-state index contributed by atoms with van der Waals surface area (Å²) in [5.41, 5.74) is 16.3. The maximum absolute atomic E-state index is 12.8. The summed E-state index contributed by atoms with van der Waals surface area (Å²) in [6, 6.07) is -2.86. The third kappa shape index (κ3) is 12.9. The first-order valence-electron chi connectivity index (χ1n) is 10.9. The number of carboxylic acids is 1. The van der Waals surface area contributed by atoms with Crippen LogP contribution in [0.15, 0.2) is 0 Å². The van der Waals surface area contributed by atoms with Gasteiger partial charge in [-0.2, -0.15) is 0 Å². The first-order valence-corrected chi connectivity index (χ1v) is 10.9. The van der Waals surface area contributed by atoms with Gasteiger partial charge in [-0.05, 0) is 64.0 Å². The lowest BCUT2D eigenvalue weighted by molar-refractivity contribution is -0.142. The van der Waals surface area contributed by atoms with E-state index in [0.717, 1.165) is 0 Å². The molecule has 0 aromatic rings.